The van der Waals surface area contributed by atoms with E-state index in [0.717, 1.165) is 36.8 Å². The SMILES string of the molecule is C[C@H]1CN(c2ccc(C(=O)NCCC(=O)ONC(=O)OCc3ccccc3)cc2)CCN1c1ncccn1. The number of hydroxylamine groups is 1. The molecule has 38 heavy (non-hydrogen) atoms. The van der Waals surface area contributed by atoms with Gasteiger partial charge in [0.2, 0.25) is 5.95 Å². The number of aromatic nitrogens is 2. The molecule has 0 saturated carbocycles. The Kier molecular flexibility index (Phi) is 9.06. The molecule has 198 valence electrons. The number of carbonyl (C=O) groups is 3. The van der Waals surface area contributed by atoms with Crippen LogP contribution in [0.4, 0.5) is 16.4 Å². The number of nitrogens with one attached hydrogen (secondary N) is 2. The lowest BCUT2D eigenvalue weighted by atomic mass is 10.1. The molecule has 1 atom stereocenters. The van der Waals surface area contributed by atoms with Gasteiger partial charge in [-0.25, -0.2) is 19.6 Å². The number of hydrogen-bond donors (Lipinski definition) is 2. The maximum Gasteiger partial charge on any atom is 0.441 e. The van der Waals surface area contributed by atoms with Crippen molar-refractivity contribution >= 4 is 29.6 Å². The molecule has 0 radical (unpaired) electrons. The molecule has 0 unspecified atom stereocenters. The Morgan fingerprint density at radius 1 is 0.974 bits per heavy atom. The zero-order valence-corrected chi connectivity index (χ0v) is 21.1. The molecule has 1 aliphatic rings. The summed E-state index contributed by atoms with van der Waals surface area (Å²) in [6.07, 6.45) is 2.50. The molecule has 11 heteroatoms. The highest BCUT2D eigenvalue weighted by molar-refractivity contribution is 5.94. The minimum absolute atomic E-state index is 0.0525. The van der Waals surface area contributed by atoms with Gasteiger partial charge in [0.05, 0.1) is 6.42 Å². The van der Waals surface area contributed by atoms with Crippen molar-refractivity contribution in [2.24, 2.45) is 0 Å². The Balaban J connectivity index is 1.15. The summed E-state index contributed by atoms with van der Waals surface area (Å²) in [5.41, 5.74) is 4.25. The number of ether oxygens (including phenoxy) is 1. The molecule has 1 aromatic heterocycles. The highest BCUT2D eigenvalue weighted by atomic mass is 16.7. The Bertz CT molecular complexity index is 1210. The van der Waals surface area contributed by atoms with Crippen LogP contribution in [0, 0.1) is 0 Å². The van der Waals surface area contributed by atoms with Crippen molar-refractivity contribution in [1.29, 1.82) is 0 Å². The van der Waals surface area contributed by atoms with E-state index >= 15 is 0 Å². The first-order valence-corrected chi connectivity index (χ1v) is 12.3. The number of benzene rings is 2. The fraction of sp³-hybridized carbons (Fsp3) is 0.296. The summed E-state index contributed by atoms with van der Waals surface area (Å²) in [7, 11) is 0. The normalized spacial score (nSPS) is 14.9. The maximum absolute atomic E-state index is 12.5. The average Bonchev–Trinajstić information content (AvgIpc) is 2.96. The zero-order chi connectivity index (χ0) is 26.7. The summed E-state index contributed by atoms with van der Waals surface area (Å²) in [5.74, 6) is -0.278. The summed E-state index contributed by atoms with van der Waals surface area (Å²) >= 11 is 0. The van der Waals surface area contributed by atoms with Gasteiger partial charge < -0.3 is 24.7 Å². The third-order valence-corrected chi connectivity index (χ3v) is 6.01. The van der Waals surface area contributed by atoms with Crippen LogP contribution in [0.3, 0.4) is 0 Å². The van der Waals surface area contributed by atoms with Crippen LogP contribution in [-0.4, -0.2) is 60.2 Å². The fourth-order valence-electron chi connectivity index (χ4n) is 4.03. The molecule has 11 nitrogen and oxygen atoms in total. The molecule has 2 heterocycles. The zero-order valence-electron chi connectivity index (χ0n) is 21.1. The number of carbonyl (C=O) groups excluding carboxylic acids is 3. The van der Waals surface area contributed by atoms with Crippen molar-refractivity contribution in [1.82, 2.24) is 20.8 Å². The second kappa shape index (κ2) is 13.0. The molecule has 1 saturated heterocycles. The van der Waals surface area contributed by atoms with Crippen LogP contribution in [-0.2, 0) is 21.0 Å². The van der Waals surface area contributed by atoms with Gasteiger partial charge in [-0.3, -0.25) is 4.79 Å². The van der Waals surface area contributed by atoms with Crippen molar-refractivity contribution in [3.8, 4) is 0 Å². The van der Waals surface area contributed by atoms with Gasteiger partial charge in [-0.15, -0.1) is 5.48 Å². The van der Waals surface area contributed by atoms with Crippen LogP contribution in [0.15, 0.2) is 73.1 Å². The van der Waals surface area contributed by atoms with E-state index in [0.29, 0.717) is 5.56 Å². The Morgan fingerprint density at radius 3 is 2.42 bits per heavy atom. The van der Waals surface area contributed by atoms with E-state index in [9.17, 15) is 14.4 Å². The average molecular weight is 519 g/mol. The molecule has 3 aromatic rings. The number of rotatable bonds is 8. The van der Waals surface area contributed by atoms with Gasteiger partial charge in [0.15, 0.2) is 0 Å². The van der Waals surface area contributed by atoms with Gasteiger partial charge >= 0.3 is 12.1 Å². The lowest BCUT2D eigenvalue weighted by Crippen LogP contribution is -2.52. The fourth-order valence-corrected chi connectivity index (χ4v) is 4.03. The van der Waals surface area contributed by atoms with Crippen molar-refractivity contribution in [2.75, 3.05) is 36.0 Å². The van der Waals surface area contributed by atoms with Gasteiger partial charge in [-0.05, 0) is 42.8 Å². The lowest BCUT2D eigenvalue weighted by Gasteiger charge is -2.41. The van der Waals surface area contributed by atoms with Gasteiger partial charge in [0.25, 0.3) is 5.91 Å². The van der Waals surface area contributed by atoms with E-state index in [1.54, 1.807) is 42.7 Å². The van der Waals surface area contributed by atoms with Crippen molar-refractivity contribution < 1.29 is 24.0 Å². The third kappa shape index (κ3) is 7.42. The first-order chi connectivity index (χ1) is 18.5. The highest BCUT2D eigenvalue weighted by Crippen LogP contribution is 2.22. The lowest BCUT2D eigenvalue weighted by molar-refractivity contribution is -0.149. The van der Waals surface area contributed by atoms with E-state index < -0.39 is 12.1 Å². The van der Waals surface area contributed by atoms with Crippen LogP contribution in [0.25, 0.3) is 0 Å². The van der Waals surface area contributed by atoms with E-state index in [-0.39, 0.29) is 31.5 Å². The predicted octanol–water partition coefficient (Wildman–Crippen LogP) is 2.70. The number of hydrogen-bond acceptors (Lipinski definition) is 9. The standard InChI is InChI=1S/C27H30N6O5/c1-20-18-32(16-17-33(20)26-29-13-5-14-30-26)23-10-8-22(9-11-23)25(35)28-15-12-24(34)38-31-27(36)37-19-21-6-3-2-4-7-21/h2-11,13-14,20H,12,15-19H2,1H3,(H,28,35)(H,31,36)/t20-/m0/s1. The first kappa shape index (κ1) is 26.4. The van der Waals surface area contributed by atoms with E-state index in [1.807, 2.05) is 35.8 Å². The predicted molar refractivity (Wildman–Crippen MR) is 140 cm³/mol. The summed E-state index contributed by atoms with van der Waals surface area (Å²) < 4.78 is 4.96. The minimum Gasteiger partial charge on any atom is -0.443 e. The van der Waals surface area contributed by atoms with Crippen molar-refractivity contribution in [3.05, 3.63) is 84.2 Å². The molecule has 2 aromatic carbocycles. The molecule has 0 spiro atoms. The van der Waals surface area contributed by atoms with Crippen LogP contribution >= 0.6 is 0 Å². The third-order valence-electron chi connectivity index (χ3n) is 6.01. The summed E-state index contributed by atoms with van der Waals surface area (Å²) in [6.45, 7) is 4.66. The monoisotopic (exact) mass is 518 g/mol. The van der Waals surface area contributed by atoms with Crippen LogP contribution in [0.5, 0.6) is 0 Å². The summed E-state index contributed by atoms with van der Waals surface area (Å²) in [6, 6.07) is 18.5. The molecule has 1 aliphatic heterocycles. The molecule has 4 rings (SSSR count). The Hall–Kier alpha value is -4.67. The highest BCUT2D eigenvalue weighted by Gasteiger charge is 2.25. The molecule has 2 amide bonds. The topological polar surface area (TPSA) is 126 Å². The molecular weight excluding hydrogens is 488 g/mol. The van der Waals surface area contributed by atoms with Crippen LogP contribution in [0.2, 0.25) is 0 Å². The van der Waals surface area contributed by atoms with E-state index in [2.05, 4.69) is 36.8 Å². The van der Waals surface area contributed by atoms with Crippen LogP contribution in [0.1, 0.15) is 29.3 Å². The summed E-state index contributed by atoms with van der Waals surface area (Å²) in [5, 5.41) is 2.68. The number of anilines is 2. The second-order valence-electron chi connectivity index (χ2n) is 8.73. The van der Waals surface area contributed by atoms with E-state index in [1.165, 1.54) is 0 Å². The maximum atomic E-state index is 12.5. The van der Waals surface area contributed by atoms with Crippen molar-refractivity contribution in [2.45, 2.75) is 26.0 Å². The van der Waals surface area contributed by atoms with Crippen molar-refractivity contribution in [3.63, 3.8) is 0 Å². The number of piperazine rings is 1. The number of amides is 2. The molecular formula is C27H30N6O5. The molecule has 1 fully saturated rings. The molecule has 0 aliphatic carbocycles. The van der Waals surface area contributed by atoms with Crippen LogP contribution < -0.4 is 20.6 Å². The first-order valence-electron chi connectivity index (χ1n) is 12.3. The van der Waals surface area contributed by atoms with Gasteiger partial charge in [-0.2, -0.15) is 0 Å². The Labute approximate surface area is 220 Å². The second-order valence-corrected chi connectivity index (χ2v) is 8.73. The largest absolute Gasteiger partial charge is 0.443 e. The van der Waals surface area contributed by atoms with E-state index in [4.69, 9.17) is 4.74 Å². The Morgan fingerprint density at radius 2 is 1.71 bits per heavy atom. The van der Waals surface area contributed by atoms with Gasteiger partial charge in [0, 0.05) is 55.9 Å². The summed E-state index contributed by atoms with van der Waals surface area (Å²) in [4.78, 5) is 53.8. The smallest absolute Gasteiger partial charge is 0.441 e. The number of nitrogens with zero attached hydrogens (tertiary/aromatic N) is 4. The molecule has 2 N–H and O–H groups in total. The quantitative estimate of drug-likeness (QED) is 0.433. The molecule has 0 bridgehead atoms. The minimum atomic E-state index is -0.879. The van der Waals surface area contributed by atoms with Gasteiger partial charge in [0.1, 0.15) is 6.61 Å². The van der Waals surface area contributed by atoms with Gasteiger partial charge in [-0.1, -0.05) is 30.3 Å².